The Morgan fingerprint density at radius 2 is 1.89 bits per heavy atom. The molecular formula is C23H27N3O2. The summed E-state index contributed by atoms with van der Waals surface area (Å²) in [6.45, 7) is 7.50. The lowest BCUT2D eigenvalue weighted by Crippen LogP contribution is -2.41. The molecule has 0 spiro atoms. The van der Waals surface area contributed by atoms with Crippen molar-refractivity contribution in [3.8, 4) is 0 Å². The maximum Gasteiger partial charge on any atom is 0.224 e. The highest BCUT2D eigenvalue weighted by Crippen LogP contribution is 2.28. The topological polar surface area (TPSA) is 67.0 Å². The number of benzene rings is 1. The molecule has 3 aromatic rings. The van der Waals surface area contributed by atoms with Crippen LogP contribution in [-0.2, 0) is 22.4 Å². The molecule has 146 valence electrons. The molecule has 1 aromatic carbocycles. The Balaban J connectivity index is 1.48. The molecule has 5 heteroatoms. The average molecular weight is 377 g/mol. The van der Waals surface area contributed by atoms with E-state index in [-0.39, 0.29) is 11.9 Å². The average Bonchev–Trinajstić information content (AvgIpc) is 3.24. The number of nitrogens with one attached hydrogen (secondary N) is 2. The van der Waals surface area contributed by atoms with Gasteiger partial charge < -0.3 is 15.0 Å². The Bertz CT molecular complexity index is 994. The summed E-state index contributed by atoms with van der Waals surface area (Å²) < 4.78 is 5.67. The normalized spacial score (nSPS) is 19.2. The maximum absolute atomic E-state index is 12.9. The Morgan fingerprint density at radius 3 is 2.68 bits per heavy atom. The summed E-state index contributed by atoms with van der Waals surface area (Å²) in [5, 5.41) is 4.40. The van der Waals surface area contributed by atoms with Crippen LogP contribution < -0.4 is 5.32 Å². The minimum Gasteiger partial charge on any atom is -0.379 e. The molecule has 1 aliphatic rings. The van der Waals surface area contributed by atoms with Crippen LogP contribution in [0.5, 0.6) is 0 Å². The molecule has 1 amide bonds. The standard InChI is InChI=1S/C23H27N3O2/c1-14-4-5-15(2)23-22(14)19(16(3)25-23)11-21(27)26-20-13-28-12-18(20)10-17-6-8-24-9-7-17/h4-9,18,20,25H,10-13H2,1-3H3,(H,26,27)/t18-,20-/m1/s1. The predicted molar refractivity (Wildman–Crippen MR) is 110 cm³/mol. The van der Waals surface area contributed by atoms with Crippen LogP contribution in [0.25, 0.3) is 10.9 Å². The summed E-state index contributed by atoms with van der Waals surface area (Å²) in [6.07, 6.45) is 4.89. The summed E-state index contributed by atoms with van der Waals surface area (Å²) in [7, 11) is 0. The number of aryl methyl sites for hydroxylation is 3. The third-order valence-corrected chi connectivity index (χ3v) is 5.82. The van der Waals surface area contributed by atoms with Gasteiger partial charge in [-0.15, -0.1) is 0 Å². The number of aromatic nitrogens is 2. The molecule has 1 aliphatic heterocycles. The number of hydrogen-bond donors (Lipinski definition) is 2. The number of ether oxygens (including phenoxy) is 1. The van der Waals surface area contributed by atoms with E-state index in [0.29, 0.717) is 25.6 Å². The van der Waals surface area contributed by atoms with Gasteiger partial charge in [0.1, 0.15) is 0 Å². The molecule has 2 aromatic heterocycles. The van der Waals surface area contributed by atoms with E-state index in [0.717, 1.165) is 23.2 Å². The molecule has 2 N–H and O–H groups in total. The van der Waals surface area contributed by atoms with Gasteiger partial charge in [0, 0.05) is 34.9 Å². The fraction of sp³-hybridized carbons (Fsp3) is 0.391. The highest BCUT2D eigenvalue weighted by atomic mass is 16.5. The summed E-state index contributed by atoms with van der Waals surface area (Å²) in [5.74, 6) is 0.347. The molecule has 28 heavy (non-hydrogen) atoms. The van der Waals surface area contributed by atoms with Gasteiger partial charge in [0.05, 0.1) is 25.7 Å². The highest BCUT2D eigenvalue weighted by molar-refractivity contribution is 5.93. The van der Waals surface area contributed by atoms with Crippen molar-refractivity contribution in [2.24, 2.45) is 5.92 Å². The van der Waals surface area contributed by atoms with Crippen molar-refractivity contribution in [2.75, 3.05) is 13.2 Å². The molecule has 0 radical (unpaired) electrons. The van der Waals surface area contributed by atoms with Crippen molar-refractivity contribution in [3.63, 3.8) is 0 Å². The number of aromatic amines is 1. The van der Waals surface area contributed by atoms with Gasteiger partial charge in [-0.05, 0) is 61.6 Å². The van der Waals surface area contributed by atoms with Crippen molar-refractivity contribution >= 4 is 16.8 Å². The summed E-state index contributed by atoms with van der Waals surface area (Å²) in [5.41, 5.74) is 6.93. The number of carbonyl (C=O) groups excluding carboxylic acids is 1. The van der Waals surface area contributed by atoms with Crippen LogP contribution in [0.15, 0.2) is 36.7 Å². The number of carbonyl (C=O) groups is 1. The summed E-state index contributed by atoms with van der Waals surface area (Å²) in [4.78, 5) is 20.4. The number of pyridine rings is 1. The van der Waals surface area contributed by atoms with E-state index in [9.17, 15) is 4.79 Å². The van der Waals surface area contributed by atoms with E-state index in [1.807, 2.05) is 31.5 Å². The first-order chi connectivity index (χ1) is 13.5. The second kappa shape index (κ2) is 7.76. The Kier molecular flexibility index (Phi) is 5.18. The first-order valence-corrected chi connectivity index (χ1v) is 9.86. The SMILES string of the molecule is Cc1[nH]c2c(C)ccc(C)c2c1CC(=O)N[C@@H]1COC[C@H]1Cc1ccncc1. The van der Waals surface area contributed by atoms with Crippen LogP contribution in [-0.4, -0.2) is 35.1 Å². The summed E-state index contributed by atoms with van der Waals surface area (Å²) >= 11 is 0. The number of rotatable bonds is 5. The second-order valence-corrected chi connectivity index (χ2v) is 7.89. The quantitative estimate of drug-likeness (QED) is 0.716. The smallest absolute Gasteiger partial charge is 0.224 e. The van der Waals surface area contributed by atoms with Gasteiger partial charge >= 0.3 is 0 Å². The predicted octanol–water partition coefficient (Wildman–Crippen LogP) is 3.40. The molecule has 5 nitrogen and oxygen atoms in total. The minimum atomic E-state index is 0.0500. The maximum atomic E-state index is 12.9. The molecule has 3 heterocycles. The Labute approximate surface area is 165 Å². The van der Waals surface area contributed by atoms with Crippen LogP contribution in [0, 0.1) is 26.7 Å². The summed E-state index contributed by atoms with van der Waals surface area (Å²) in [6, 6.07) is 8.35. The van der Waals surface area contributed by atoms with Gasteiger partial charge in [-0.1, -0.05) is 12.1 Å². The van der Waals surface area contributed by atoms with E-state index in [4.69, 9.17) is 4.74 Å². The zero-order chi connectivity index (χ0) is 19.7. The van der Waals surface area contributed by atoms with Crippen molar-refractivity contribution in [1.29, 1.82) is 0 Å². The Morgan fingerprint density at radius 1 is 1.14 bits per heavy atom. The van der Waals surface area contributed by atoms with Crippen molar-refractivity contribution < 1.29 is 9.53 Å². The molecule has 0 saturated carbocycles. The molecule has 0 unspecified atom stereocenters. The number of fused-ring (bicyclic) bond motifs is 1. The van der Waals surface area contributed by atoms with Gasteiger partial charge in [0.25, 0.3) is 0 Å². The number of nitrogens with zero attached hydrogens (tertiary/aromatic N) is 1. The van der Waals surface area contributed by atoms with Gasteiger partial charge in [0.2, 0.25) is 5.91 Å². The van der Waals surface area contributed by atoms with Crippen LogP contribution >= 0.6 is 0 Å². The molecular weight excluding hydrogens is 350 g/mol. The second-order valence-electron chi connectivity index (χ2n) is 7.89. The highest BCUT2D eigenvalue weighted by Gasteiger charge is 2.30. The molecule has 1 fully saturated rings. The zero-order valence-electron chi connectivity index (χ0n) is 16.7. The fourth-order valence-electron chi connectivity index (χ4n) is 4.23. The monoisotopic (exact) mass is 377 g/mol. The number of H-pyrrole nitrogens is 1. The van der Waals surface area contributed by atoms with Crippen LogP contribution in [0.2, 0.25) is 0 Å². The fourth-order valence-corrected chi connectivity index (χ4v) is 4.23. The number of amides is 1. The van der Waals surface area contributed by atoms with Gasteiger partial charge in [-0.25, -0.2) is 0 Å². The first-order valence-electron chi connectivity index (χ1n) is 9.86. The third-order valence-electron chi connectivity index (χ3n) is 5.82. The lowest BCUT2D eigenvalue weighted by atomic mass is 9.95. The van der Waals surface area contributed by atoms with Gasteiger partial charge in [0.15, 0.2) is 0 Å². The van der Waals surface area contributed by atoms with Crippen LogP contribution in [0.4, 0.5) is 0 Å². The van der Waals surface area contributed by atoms with Crippen molar-refractivity contribution in [1.82, 2.24) is 15.3 Å². The van der Waals surface area contributed by atoms with Crippen LogP contribution in [0.1, 0.15) is 27.9 Å². The van der Waals surface area contributed by atoms with Crippen LogP contribution in [0.3, 0.4) is 0 Å². The van der Waals surface area contributed by atoms with E-state index in [1.54, 1.807) is 0 Å². The Hall–Kier alpha value is -2.66. The lowest BCUT2D eigenvalue weighted by molar-refractivity contribution is -0.121. The molecule has 2 atom stereocenters. The molecule has 0 aliphatic carbocycles. The van der Waals surface area contributed by atoms with E-state index in [1.165, 1.54) is 22.1 Å². The minimum absolute atomic E-state index is 0.0500. The van der Waals surface area contributed by atoms with Gasteiger partial charge in [-0.2, -0.15) is 0 Å². The van der Waals surface area contributed by atoms with E-state index < -0.39 is 0 Å². The zero-order valence-corrected chi connectivity index (χ0v) is 16.7. The third kappa shape index (κ3) is 3.67. The van der Waals surface area contributed by atoms with E-state index >= 15 is 0 Å². The molecule has 1 saturated heterocycles. The number of hydrogen-bond acceptors (Lipinski definition) is 3. The molecule has 0 bridgehead atoms. The lowest BCUT2D eigenvalue weighted by Gasteiger charge is -2.19. The molecule has 4 rings (SSSR count). The largest absolute Gasteiger partial charge is 0.379 e. The first kappa shape index (κ1) is 18.7. The van der Waals surface area contributed by atoms with Crippen molar-refractivity contribution in [2.45, 2.75) is 39.7 Å². The van der Waals surface area contributed by atoms with E-state index in [2.05, 4.69) is 41.3 Å². The van der Waals surface area contributed by atoms with Crippen molar-refractivity contribution in [3.05, 3.63) is 64.6 Å². The van der Waals surface area contributed by atoms with Gasteiger partial charge in [-0.3, -0.25) is 9.78 Å².